The minimum atomic E-state index is -0.267. The van der Waals surface area contributed by atoms with E-state index in [1.165, 1.54) is 0 Å². The van der Waals surface area contributed by atoms with Gasteiger partial charge < -0.3 is 30.2 Å². The second-order valence-corrected chi connectivity index (χ2v) is 11.1. The van der Waals surface area contributed by atoms with E-state index in [4.69, 9.17) is 30.4 Å². The van der Waals surface area contributed by atoms with Gasteiger partial charge in [0, 0.05) is 5.39 Å². The first-order chi connectivity index (χ1) is 23.9. The lowest BCUT2D eigenvalue weighted by molar-refractivity contribution is 0.101. The van der Waals surface area contributed by atoms with Gasteiger partial charge in [-0.15, -0.1) is 0 Å². The van der Waals surface area contributed by atoms with Crippen molar-refractivity contribution in [3.05, 3.63) is 148 Å². The first kappa shape index (κ1) is 37.9. The third-order valence-electron chi connectivity index (χ3n) is 7.46. The van der Waals surface area contributed by atoms with Gasteiger partial charge in [0.05, 0.1) is 29.0 Å². The van der Waals surface area contributed by atoms with Gasteiger partial charge in [0.2, 0.25) is 5.78 Å². The van der Waals surface area contributed by atoms with Crippen molar-refractivity contribution in [1.82, 2.24) is 0 Å². The number of nitrogens with two attached hydrogens (primary N) is 1. The number of fused-ring (bicyclic) bond motifs is 1. The monoisotopic (exact) mass is 672 g/mol. The number of aldehydes is 1. The van der Waals surface area contributed by atoms with Gasteiger partial charge >= 0.3 is 0 Å². The van der Waals surface area contributed by atoms with Gasteiger partial charge in [-0.25, -0.2) is 0 Å². The summed E-state index contributed by atoms with van der Waals surface area (Å²) in [6, 6.07) is 32.1. The molecular formula is C41H40N2O7. The molecule has 9 heteroatoms. The zero-order valence-electron chi connectivity index (χ0n) is 28.6. The minimum Gasteiger partial charge on any atom is -0.508 e. The standard InChI is InChI=1S/C18H17NO3.C8H7NO.C8H8O2.C7H8O/c1-3-21-14-10-5-4-8-12(14)16(20)18-15(19)13-9-6-7-11(2)17(13)22-18;2*1-6-3-2-4-7(5-9)8(6)10;1-6-4-2-3-5-7(6)8/h4-10H,3,19H2,1-2H3;2-4,10H,1H3;2-5,10H,1H3;2-5,8H,1H3. The Morgan fingerprint density at radius 1 is 0.780 bits per heavy atom. The second kappa shape index (κ2) is 18.1. The number of nitrogens with zero attached hydrogens (tertiary/aromatic N) is 1. The zero-order valence-corrected chi connectivity index (χ0v) is 28.6. The molecule has 0 saturated heterocycles. The lowest BCUT2D eigenvalue weighted by atomic mass is 10.1. The number of aromatic hydroxyl groups is 3. The molecule has 256 valence electrons. The van der Waals surface area contributed by atoms with E-state index in [-0.39, 0.29) is 23.0 Å². The van der Waals surface area contributed by atoms with Gasteiger partial charge in [0.25, 0.3) is 0 Å². The number of nitrogen functional groups attached to an aromatic ring is 1. The van der Waals surface area contributed by atoms with Crippen LogP contribution in [-0.2, 0) is 0 Å². The van der Waals surface area contributed by atoms with Crippen LogP contribution in [0.15, 0.2) is 108 Å². The SMILES string of the molecule is CCOc1ccccc1C(=O)c1oc2c(C)cccc2c1N.Cc1cccc(C#N)c1O.Cc1cccc(C=O)c1O.Cc1ccccc1O. The normalized spacial score (nSPS) is 9.84. The van der Waals surface area contributed by atoms with E-state index in [9.17, 15) is 14.7 Å². The van der Waals surface area contributed by atoms with E-state index in [1.54, 1.807) is 74.5 Å². The highest BCUT2D eigenvalue weighted by Gasteiger charge is 2.23. The lowest BCUT2D eigenvalue weighted by Crippen LogP contribution is -2.06. The number of nitriles is 1. The number of phenols is 3. The van der Waals surface area contributed by atoms with Gasteiger partial charge in [0.15, 0.2) is 12.0 Å². The average molecular weight is 673 g/mol. The van der Waals surface area contributed by atoms with Crippen LogP contribution in [0.4, 0.5) is 5.69 Å². The Labute approximate surface area is 291 Å². The van der Waals surface area contributed by atoms with Crippen LogP contribution in [-0.4, -0.2) is 34.0 Å². The van der Waals surface area contributed by atoms with Crippen LogP contribution in [0, 0.1) is 39.0 Å². The predicted octanol–water partition coefficient (Wildman–Crippen LogP) is 8.74. The Kier molecular flexibility index (Phi) is 13.8. The van der Waals surface area contributed by atoms with E-state index in [2.05, 4.69) is 0 Å². The highest BCUT2D eigenvalue weighted by atomic mass is 16.5. The third-order valence-corrected chi connectivity index (χ3v) is 7.46. The zero-order chi connectivity index (χ0) is 36.8. The molecule has 0 spiro atoms. The summed E-state index contributed by atoms with van der Waals surface area (Å²) in [5.74, 6) is 0.968. The van der Waals surface area contributed by atoms with Crippen molar-refractivity contribution in [2.45, 2.75) is 34.6 Å². The maximum atomic E-state index is 12.8. The second-order valence-electron chi connectivity index (χ2n) is 11.1. The molecule has 1 heterocycles. The minimum absolute atomic E-state index is 0.0810. The highest BCUT2D eigenvalue weighted by Crippen LogP contribution is 2.33. The summed E-state index contributed by atoms with van der Waals surface area (Å²) in [4.78, 5) is 23.0. The number of rotatable bonds is 5. The first-order valence-corrected chi connectivity index (χ1v) is 15.7. The molecule has 5 N–H and O–H groups in total. The van der Waals surface area contributed by atoms with Crippen LogP contribution in [0.3, 0.4) is 0 Å². The molecule has 0 atom stereocenters. The topological polar surface area (TPSA) is 167 Å². The molecule has 0 radical (unpaired) electrons. The van der Waals surface area contributed by atoms with Crippen LogP contribution < -0.4 is 10.5 Å². The third kappa shape index (κ3) is 9.52. The van der Waals surface area contributed by atoms with Gasteiger partial charge in [-0.3, -0.25) is 9.59 Å². The van der Waals surface area contributed by atoms with Crippen LogP contribution in [0.2, 0.25) is 0 Å². The smallest absolute Gasteiger partial charge is 0.234 e. The molecule has 6 aromatic rings. The molecule has 6 rings (SSSR count). The quantitative estimate of drug-likeness (QED) is 0.103. The molecule has 5 aromatic carbocycles. The fourth-order valence-corrected chi connectivity index (χ4v) is 4.60. The molecule has 0 saturated carbocycles. The molecule has 1 aromatic heterocycles. The number of carbonyl (C=O) groups is 2. The van der Waals surface area contributed by atoms with Crippen molar-refractivity contribution in [3.8, 4) is 29.1 Å². The van der Waals surface area contributed by atoms with Crippen LogP contribution >= 0.6 is 0 Å². The van der Waals surface area contributed by atoms with E-state index in [1.807, 2.05) is 69.3 Å². The van der Waals surface area contributed by atoms with E-state index < -0.39 is 0 Å². The van der Waals surface area contributed by atoms with Crippen LogP contribution in [0.5, 0.6) is 23.0 Å². The summed E-state index contributed by atoms with van der Waals surface area (Å²) in [6.07, 6.45) is 0.641. The van der Waals surface area contributed by atoms with Gasteiger partial charge in [-0.05, 0) is 93.3 Å². The number of carbonyl (C=O) groups excluding carboxylic acids is 2. The number of hydrogen-bond acceptors (Lipinski definition) is 9. The van der Waals surface area contributed by atoms with Crippen molar-refractivity contribution in [3.63, 3.8) is 0 Å². The van der Waals surface area contributed by atoms with Crippen molar-refractivity contribution >= 4 is 28.7 Å². The average Bonchev–Trinajstić information content (AvgIpc) is 3.46. The number of aryl methyl sites for hydroxylation is 4. The molecule has 0 fully saturated rings. The van der Waals surface area contributed by atoms with Crippen molar-refractivity contribution in [2.24, 2.45) is 0 Å². The Morgan fingerprint density at radius 2 is 1.36 bits per heavy atom. The number of furan rings is 1. The van der Waals surface area contributed by atoms with E-state index in [0.29, 0.717) is 52.4 Å². The summed E-state index contributed by atoms with van der Waals surface area (Å²) in [6.45, 7) is 9.67. The Bertz CT molecular complexity index is 2110. The molecule has 0 aliphatic heterocycles. The maximum Gasteiger partial charge on any atom is 0.234 e. The maximum absolute atomic E-state index is 12.8. The predicted molar refractivity (Wildman–Crippen MR) is 195 cm³/mol. The number of ether oxygens (including phenoxy) is 1. The molecular weight excluding hydrogens is 632 g/mol. The van der Waals surface area contributed by atoms with Gasteiger partial charge in [-0.2, -0.15) is 5.26 Å². The van der Waals surface area contributed by atoms with Crippen LogP contribution in [0.25, 0.3) is 11.0 Å². The number of anilines is 1. The van der Waals surface area contributed by atoms with Crippen molar-refractivity contribution in [1.29, 1.82) is 5.26 Å². The van der Waals surface area contributed by atoms with E-state index in [0.717, 1.165) is 27.6 Å². The number of para-hydroxylation sites is 5. The Hall–Kier alpha value is -6.53. The molecule has 0 aliphatic rings. The van der Waals surface area contributed by atoms with Crippen molar-refractivity contribution < 1.29 is 34.1 Å². The Balaban J connectivity index is 0.000000201. The summed E-state index contributed by atoms with van der Waals surface area (Å²) < 4.78 is 11.3. The number of ketones is 1. The van der Waals surface area contributed by atoms with Gasteiger partial charge in [0.1, 0.15) is 34.7 Å². The van der Waals surface area contributed by atoms with E-state index >= 15 is 0 Å². The fraction of sp³-hybridized carbons (Fsp3) is 0.146. The summed E-state index contributed by atoms with van der Waals surface area (Å²) in [5.41, 5.74) is 11.6. The Morgan fingerprint density at radius 3 is 1.92 bits per heavy atom. The molecule has 0 amide bonds. The fourth-order valence-electron chi connectivity index (χ4n) is 4.60. The summed E-state index contributed by atoms with van der Waals surface area (Å²) in [7, 11) is 0. The van der Waals surface area contributed by atoms with Crippen molar-refractivity contribution in [2.75, 3.05) is 12.3 Å². The summed E-state index contributed by atoms with van der Waals surface area (Å²) in [5, 5.41) is 36.5. The molecule has 9 nitrogen and oxygen atoms in total. The van der Waals surface area contributed by atoms with Crippen LogP contribution in [0.1, 0.15) is 61.2 Å². The largest absolute Gasteiger partial charge is 0.508 e. The molecule has 0 unspecified atom stereocenters. The number of phenolic OH excluding ortho intramolecular Hbond substituents is 3. The molecule has 0 bridgehead atoms. The molecule has 0 aliphatic carbocycles. The number of benzene rings is 5. The molecule has 50 heavy (non-hydrogen) atoms. The number of hydrogen-bond donors (Lipinski definition) is 4. The summed E-state index contributed by atoms with van der Waals surface area (Å²) >= 11 is 0. The van der Waals surface area contributed by atoms with Gasteiger partial charge in [-0.1, -0.05) is 66.7 Å². The lowest BCUT2D eigenvalue weighted by Gasteiger charge is -2.08. The highest BCUT2D eigenvalue weighted by molar-refractivity contribution is 6.15. The first-order valence-electron chi connectivity index (χ1n) is 15.7.